The lowest BCUT2D eigenvalue weighted by Gasteiger charge is -2.32. The van der Waals surface area contributed by atoms with E-state index in [1.807, 2.05) is 44.2 Å². The quantitative estimate of drug-likeness (QED) is 0.602. The number of benzene rings is 1. The molecule has 3 saturated heterocycles. The largest absolute Gasteiger partial charge is 0.357 e. The maximum Gasteiger partial charge on any atom is 0.241 e. The highest BCUT2D eigenvalue weighted by atomic mass is 16.7. The molecule has 2 bridgehead atoms. The highest BCUT2D eigenvalue weighted by molar-refractivity contribution is 6.23. The SMILES string of the molecule is Cc1ccc(N2C(=O)[C@@H]3[C@H]4C=C[C@@](C5OCCO5)(O4)[C@H]3C2=O)c(C)c1. The molecule has 0 N–H and O–H groups in total. The number of aryl methyl sites for hydroxylation is 2. The second-order valence-electron chi connectivity index (χ2n) is 7.17. The Kier molecular flexibility index (Phi) is 3.05. The Balaban J connectivity index is 1.58. The second-order valence-corrected chi connectivity index (χ2v) is 7.17. The third-order valence-electron chi connectivity index (χ3n) is 5.66. The van der Waals surface area contributed by atoms with Crippen molar-refractivity contribution in [2.45, 2.75) is 31.8 Å². The number of ether oxygens (including phenoxy) is 3. The molecule has 1 aromatic carbocycles. The molecule has 4 atom stereocenters. The first-order valence-electron chi connectivity index (χ1n) is 8.58. The van der Waals surface area contributed by atoms with E-state index in [2.05, 4.69) is 0 Å². The number of carbonyl (C=O) groups is 2. The van der Waals surface area contributed by atoms with Crippen molar-refractivity contribution < 1.29 is 23.8 Å². The minimum absolute atomic E-state index is 0.198. The molecule has 0 radical (unpaired) electrons. The second kappa shape index (κ2) is 5.00. The van der Waals surface area contributed by atoms with Crippen LogP contribution < -0.4 is 4.90 Å². The van der Waals surface area contributed by atoms with Gasteiger partial charge in [-0.1, -0.05) is 23.8 Å². The van der Waals surface area contributed by atoms with Crippen molar-refractivity contribution >= 4 is 17.5 Å². The van der Waals surface area contributed by atoms with Crippen molar-refractivity contribution in [3.8, 4) is 0 Å². The Morgan fingerprint density at radius 3 is 2.60 bits per heavy atom. The van der Waals surface area contributed by atoms with Crippen LogP contribution in [0.1, 0.15) is 11.1 Å². The third kappa shape index (κ3) is 1.84. The van der Waals surface area contributed by atoms with E-state index < -0.39 is 29.8 Å². The molecule has 130 valence electrons. The number of hydrogen-bond acceptors (Lipinski definition) is 5. The predicted molar refractivity (Wildman–Crippen MR) is 87.8 cm³/mol. The Morgan fingerprint density at radius 2 is 1.88 bits per heavy atom. The summed E-state index contributed by atoms with van der Waals surface area (Å²) < 4.78 is 17.4. The van der Waals surface area contributed by atoms with E-state index >= 15 is 0 Å². The van der Waals surface area contributed by atoms with Crippen LogP contribution in [-0.2, 0) is 23.8 Å². The molecule has 2 amide bonds. The monoisotopic (exact) mass is 341 g/mol. The minimum Gasteiger partial charge on any atom is -0.357 e. The van der Waals surface area contributed by atoms with Crippen LogP contribution in [0.25, 0.3) is 0 Å². The number of nitrogens with zero attached hydrogens (tertiary/aromatic N) is 1. The van der Waals surface area contributed by atoms with Gasteiger partial charge in [0.25, 0.3) is 0 Å². The summed E-state index contributed by atoms with van der Waals surface area (Å²) in [6.07, 6.45) is 2.68. The number of imide groups is 1. The van der Waals surface area contributed by atoms with Crippen LogP contribution in [0.5, 0.6) is 0 Å². The zero-order valence-electron chi connectivity index (χ0n) is 14.1. The van der Waals surface area contributed by atoms with Gasteiger partial charge < -0.3 is 14.2 Å². The fourth-order valence-corrected chi connectivity index (χ4v) is 4.62. The van der Waals surface area contributed by atoms with Crippen molar-refractivity contribution in [2.24, 2.45) is 11.8 Å². The van der Waals surface area contributed by atoms with Crippen LogP contribution in [-0.4, -0.2) is 43.0 Å². The van der Waals surface area contributed by atoms with Crippen molar-refractivity contribution in [2.75, 3.05) is 18.1 Å². The fourth-order valence-electron chi connectivity index (χ4n) is 4.62. The Labute approximate surface area is 145 Å². The lowest BCUT2D eigenvalue weighted by molar-refractivity contribution is -0.180. The molecule has 0 spiro atoms. The van der Waals surface area contributed by atoms with Gasteiger partial charge in [0, 0.05) is 0 Å². The number of hydrogen-bond donors (Lipinski definition) is 0. The summed E-state index contributed by atoms with van der Waals surface area (Å²) in [6, 6.07) is 5.73. The minimum atomic E-state index is -0.994. The number of rotatable bonds is 2. The summed E-state index contributed by atoms with van der Waals surface area (Å²) in [5.41, 5.74) is 1.66. The van der Waals surface area contributed by atoms with Crippen LogP contribution in [0, 0.1) is 25.7 Å². The molecule has 4 aliphatic rings. The van der Waals surface area contributed by atoms with Gasteiger partial charge in [0.05, 0.1) is 36.8 Å². The van der Waals surface area contributed by atoms with Gasteiger partial charge in [-0.15, -0.1) is 0 Å². The van der Waals surface area contributed by atoms with Gasteiger partial charge in [0.2, 0.25) is 11.8 Å². The van der Waals surface area contributed by atoms with Crippen LogP contribution in [0.15, 0.2) is 30.4 Å². The first-order valence-corrected chi connectivity index (χ1v) is 8.58. The van der Waals surface area contributed by atoms with E-state index in [9.17, 15) is 9.59 Å². The lowest BCUT2D eigenvalue weighted by atomic mass is 9.76. The summed E-state index contributed by atoms with van der Waals surface area (Å²) in [5.74, 6) is -1.53. The van der Waals surface area contributed by atoms with E-state index in [1.54, 1.807) is 0 Å². The number of anilines is 1. The first-order chi connectivity index (χ1) is 12.0. The zero-order chi connectivity index (χ0) is 17.3. The van der Waals surface area contributed by atoms with Crippen LogP contribution in [0.3, 0.4) is 0 Å². The summed E-state index contributed by atoms with van der Waals surface area (Å²) in [5, 5.41) is 0. The van der Waals surface area contributed by atoms with Crippen molar-refractivity contribution in [1.29, 1.82) is 0 Å². The van der Waals surface area contributed by atoms with Gasteiger partial charge >= 0.3 is 0 Å². The standard InChI is InChI=1S/C19H19NO5/c1-10-3-4-12(11(2)9-10)20-16(21)14-13-5-6-19(25-13,15(14)17(20)22)18-23-7-8-24-18/h3-6,9,13-15,18H,7-8H2,1-2H3/t13-,14-,15-,19-/m1/s1. The average molecular weight is 341 g/mol. The average Bonchev–Trinajstić information content (AvgIpc) is 3.33. The lowest BCUT2D eigenvalue weighted by Crippen LogP contribution is -2.49. The first kappa shape index (κ1) is 15.3. The van der Waals surface area contributed by atoms with Crippen LogP contribution in [0.2, 0.25) is 0 Å². The normalized spacial score (nSPS) is 36.7. The van der Waals surface area contributed by atoms with E-state index in [0.29, 0.717) is 18.9 Å². The summed E-state index contributed by atoms with van der Waals surface area (Å²) >= 11 is 0. The number of fused-ring (bicyclic) bond motifs is 5. The highest BCUT2D eigenvalue weighted by Crippen LogP contribution is 2.55. The van der Waals surface area contributed by atoms with Gasteiger partial charge in [-0.25, -0.2) is 4.90 Å². The van der Waals surface area contributed by atoms with Crippen LogP contribution >= 0.6 is 0 Å². The molecule has 1 aromatic rings. The van der Waals surface area contributed by atoms with Gasteiger partial charge in [0.15, 0.2) is 11.9 Å². The van der Waals surface area contributed by atoms with Gasteiger partial charge in [0.1, 0.15) is 0 Å². The molecule has 5 rings (SSSR count). The van der Waals surface area contributed by atoms with Crippen molar-refractivity contribution in [1.82, 2.24) is 0 Å². The van der Waals surface area contributed by atoms with E-state index in [4.69, 9.17) is 14.2 Å². The molecule has 4 heterocycles. The van der Waals surface area contributed by atoms with Crippen LogP contribution in [0.4, 0.5) is 5.69 Å². The maximum absolute atomic E-state index is 13.3. The molecule has 3 fully saturated rings. The Bertz CT molecular complexity index is 812. The van der Waals surface area contributed by atoms with Crippen molar-refractivity contribution in [3.63, 3.8) is 0 Å². The molecule has 6 nitrogen and oxygen atoms in total. The smallest absolute Gasteiger partial charge is 0.241 e. The Morgan fingerprint density at radius 1 is 1.12 bits per heavy atom. The molecule has 0 aliphatic carbocycles. The Hall–Kier alpha value is -2.02. The zero-order valence-corrected chi connectivity index (χ0v) is 14.1. The summed E-state index contributed by atoms with van der Waals surface area (Å²) in [6.45, 7) is 4.84. The molecular formula is C19H19NO5. The molecule has 0 aromatic heterocycles. The fraction of sp³-hybridized carbons (Fsp3) is 0.474. The maximum atomic E-state index is 13.3. The van der Waals surface area contributed by atoms with E-state index in [1.165, 1.54) is 4.90 Å². The highest BCUT2D eigenvalue weighted by Gasteiger charge is 2.71. The molecular weight excluding hydrogens is 322 g/mol. The summed E-state index contributed by atoms with van der Waals surface area (Å²) in [4.78, 5) is 27.7. The third-order valence-corrected chi connectivity index (χ3v) is 5.66. The molecule has 0 saturated carbocycles. The van der Waals surface area contributed by atoms with E-state index in [-0.39, 0.29) is 11.8 Å². The van der Waals surface area contributed by atoms with E-state index in [0.717, 1.165) is 11.1 Å². The van der Waals surface area contributed by atoms with Crippen molar-refractivity contribution in [3.05, 3.63) is 41.5 Å². The molecule has 6 heteroatoms. The molecule has 4 aliphatic heterocycles. The molecule has 0 unspecified atom stereocenters. The molecule has 25 heavy (non-hydrogen) atoms. The summed E-state index contributed by atoms with van der Waals surface area (Å²) in [7, 11) is 0. The van der Waals surface area contributed by atoms with Gasteiger partial charge in [-0.05, 0) is 31.6 Å². The number of amides is 2. The predicted octanol–water partition coefficient (Wildman–Crippen LogP) is 1.49. The number of carbonyl (C=O) groups excluding carboxylic acids is 2. The van der Waals surface area contributed by atoms with Gasteiger partial charge in [-0.3, -0.25) is 9.59 Å². The van der Waals surface area contributed by atoms with Gasteiger partial charge in [-0.2, -0.15) is 0 Å². The topological polar surface area (TPSA) is 65.1 Å².